The summed E-state index contributed by atoms with van der Waals surface area (Å²) in [5, 5.41) is 3.21. The Balaban J connectivity index is 1.52. The third-order valence-corrected chi connectivity index (χ3v) is 6.07. The number of benzene rings is 2. The first-order valence-corrected chi connectivity index (χ1v) is 9.55. The lowest BCUT2D eigenvalue weighted by Crippen LogP contribution is -2.54. The van der Waals surface area contributed by atoms with Crippen molar-refractivity contribution < 1.29 is 9.59 Å². The van der Waals surface area contributed by atoms with Crippen LogP contribution < -0.4 is 10.2 Å². The predicted octanol–water partition coefficient (Wildman–Crippen LogP) is 3.32. The maximum absolute atomic E-state index is 12.7. The van der Waals surface area contributed by atoms with Gasteiger partial charge in [-0.05, 0) is 37.0 Å². The normalized spacial score (nSPS) is 18.2. The summed E-state index contributed by atoms with van der Waals surface area (Å²) in [6.07, 6.45) is 3.00. The van der Waals surface area contributed by atoms with Crippen molar-refractivity contribution >= 4 is 29.3 Å². The Morgan fingerprint density at radius 1 is 1.08 bits per heavy atom. The van der Waals surface area contributed by atoms with Gasteiger partial charge in [0.2, 0.25) is 11.8 Å². The van der Waals surface area contributed by atoms with Gasteiger partial charge in [0.05, 0.1) is 17.0 Å². The summed E-state index contributed by atoms with van der Waals surface area (Å²) in [6.45, 7) is 0.0744. The molecule has 1 N–H and O–H groups in total. The lowest BCUT2D eigenvalue weighted by Gasteiger charge is -2.43. The van der Waals surface area contributed by atoms with Crippen LogP contribution in [0, 0.1) is 0 Å². The van der Waals surface area contributed by atoms with Crippen LogP contribution in [0.4, 0.5) is 5.69 Å². The van der Waals surface area contributed by atoms with Gasteiger partial charge in [-0.3, -0.25) is 9.59 Å². The average Bonchev–Trinajstić information content (AvgIpc) is 2.61. The molecular formula is C20H20N2O2S. The number of hydrogen-bond donors (Lipinski definition) is 1. The standard InChI is InChI=1S/C20H20N2O2S/c23-18(21-20(11-6-12-20)15-7-2-1-3-8-15)13-22-16-9-4-5-10-17(16)25-14-19(22)24/h1-5,7-10H,6,11-14H2,(H,21,23). The second-order valence-corrected chi connectivity index (χ2v) is 7.60. The molecule has 1 saturated carbocycles. The molecule has 0 unspecified atom stereocenters. The minimum Gasteiger partial charge on any atom is -0.345 e. The highest BCUT2D eigenvalue weighted by atomic mass is 32.2. The Morgan fingerprint density at radius 3 is 2.52 bits per heavy atom. The van der Waals surface area contributed by atoms with E-state index in [4.69, 9.17) is 0 Å². The summed E-state index contributed by atoms with van der Waals surface area (Å²) < 4.78 is 0. The number of anilines is 1. The number of amides is 2. The van der Waals surface area contributed by atoms with Crippen molar-refractivity contribution in [2.24, 2.45) is 0 Å². The fraction of sp³-hybridized carbons (Fsp3) is 0.300. The molecule has 0 radical (unpaired) electrons. The van der Waals surface area contributed by atoms with E-state index in [-0.39, 0.29) is 23.9 Å². The van der Waals surface area contributed by atoms with Crippen molar-refractivity contribution in [1.29, 1.82) is 0 Å². The molecule has 0 saturated heterocycles. The van der Waals surface area contributed by atoms with Crippen molar-refractivity contribution in [3.05, 3.63) is 60.2 Å². The van der Waals surface area contributed by atoms with Crippen molar-refractivity contribution in [2.75, 3.05) is 17.2 Å². The molecule has 25 heavy (non-hydrogen) atoms. The molecule has 0 aromatic heterocycles. The maximum Gasteiger partial charge on any atom is 0.240 e. The van der Waals surface area contributed by atoms with Crippen LogP contribution in [0.5, 0.6) is 0 Å². The zero-order valence-corrected chi connectivity index (χ0v) is 14.7. The first-order chi connectivity index (χ1) is 12.2. The number of thioether (sulfide) groups is 1. The molecule has 0 bridgehead atoms. The maximum atomic E-state index is 12.7. The third-order valence-electron chi connectivity index (χ3n) is 5.02. The number of fused-ring (bicyclic) bond motifs is 1. The van der Waals surface area contributed by atoms with Gasteiger partial charge < -0.3 is 10.2 Å². The summed E-state index contributed by atoms with van der Waals surface area (Å²) >= 11 is 1.53. The Morgan fingerprint density at radius 2 is 1.80 bits per heavy atom. The Bertz CT molecular complexity index is 802. The van der Waals surface area contributed by atoms with Crippen LogP contribution in [0.2, 0.25) is 0 Å². The van der Waals surface area contributed by atoms with E-state index in [0.717, 1.165) is 35.4 Å². The van der Waals surface area contributed by atoms with Crippen molar-refractivity contribution in [3.63, 3.8) is 0 Å². The van der Waals surface area contributed by atoms with E-state index in [9.17, 15) is 9.59 Å². The SMILES string of the molecule is O=C(CN1C(=O)CSc2ccccc21)NC1(c2ccccc2)CCC1. The molecular weight excluding hydrogens is 332 g/mol. The summed E-state index contributed by atoms with van der Waals surface area (Å²) in [4.78, 5) is 27.7. The molecule has 1 heterocycles. The highest BCUT2D eigenvalue weighted by molar-refractivity contribution is 8.00. The van der Waals surface area contributed by atoms with Gasteiger partial charge in [0.1, 0.15) is 6.54 Å². The van der Waals surface area contributed by atoms with Gasteiger partial charge in [-0.15, -0.1) is 11.8 Å². The second-order valence-electron chi connectivity index (χ2n) is 6.59. The summed E-state index contributed by atoms with van der Waals surface area (Å²) in [5.74, 6) is 0.272. The van der Waals surface area contributed by atoms with Crippen LogP contribution in [0.15, 0.2) is 59.5 Å². The molecule has 1 aliphatic carbocycles. The number of rotatable bonds is 4. The summed E-state index contributed by atoms with van der Waals surface area (Å²) in [6, 6.07) is 17.9. The van der Waals surface area contributed by atoms with E-state index in [1.54, 1.807) is 4.90 Å². The lowest BCUT2D eigenvalue weighted by atomic mass is 9.72. The summed E-state index contributed by atoms with van der Waals surface area (Å²) in [7, 11) is 0. The van der Waals surface area contributed by atoms with E-state index in [1.807, 2.05) is 42.5 Å². The van der Waals surface area contributed by atoms with Gasteiger partial charge in [-0.25, -0.2) is 0 Å². The first-order valence-electron chi connectivity index (χ1n) is 8.57. The highest BCUT2D eigenvalue weighted by Gasteiger charge is 2.40. The van der Waals surface area contributed by atoms with E-state index in [2.05, 4.69) is 17.4 Å². The number of para-hydroxylation sites is 1. The molecule has 2 aromatic carbocycles. The van der Waals surface area contributed by atoms with E-state index in [1.165, 1.54) is 11.8 Å². The van der Waals surface area contributed by atoms with E-state index in [0.29, 0.717) is 5.75 Å². The van der Waals surface area contributed by atoms with Crippen molar-refractivity contribution in [1.82, 2.24) is 5.32 Å². The smallest absolute Gasteiger partial charge is 0.240 e. The highest BCUT2D eigenvalue weighted by Crippen LogP contribution is 2.41. The molecule has 0 spiro atoms. The zero-order chi connectivity index (χ0) is 17.3. The number of carbonyl (C=O) groups is 2. The molecule has 5 heteroatoms. The Hall–Kier alpha value is -2.27. The van der Waals surface area contributed by atoms with Crippen LogP contribution in [0.3, 0.4) is 0 Å². The average molecular weight is 352 g/mol. The van der Waals surface area contributed by atoms with Crippen LogP contribution in [0.25, 0.3) is 0 Å². The molecule has 128 valence electrons. The minimum absolute atomic E-state index is 0.0128. The Kier molecular flexibility index (Phi) is 4.25. The molecule has 2 aromatic rings. The number of nitrogens with one attached hydrogen (secondary N) is 1. The molecule has 1 fully saturated rings. The van der Waals surface area contributed by atoms with Gasteiger partial charge in [0.25, 0.3) is 0 Å². The third kappa shape index (κ3) is 3.04. The first kappa shape index (κ1) is 16.2. The zero-order valence-electron chi connectivity index (χ0n) is 13.9. The number of hydrogen-bond acceptors (Lipinski definition) is 3. The van der Waals surface area contributed by atoms with Crippen LogP contribution in [0.1, 0.15) is 24.8 Å². The summed E-state index contributed by atoms with van der Waals surface area (Å²) in [5.41, 5.74) is 1.71. The van der Waals surface area contributed by atoms with Gasteiger partial charge in [-0.2, -0.15) is 0 Å². The number of carbonyl (C=O) groups excluding carboxylic acids is 2. The molecule has 0 atom stereocenters. The second kappa shape index (κ2) is 6.56. The molecule has 4 rings (SSSR count). The van der Waals surface area contributed by atoms with E-state index < -0.39 is 0 Å². The Labute approximate surface area is 151 Å². The van der Waals surface area contributed by atoms with Crippen molar-refractivity contribution in [2.45, 2.75) is 29.7 Å². The van der Waals surface area contributed by atoms with Crippen LogP contribution in [-0.2, 0) is 15.1 Å². The molecule has 1 aliphatic heterocycles. The minimum atomic E-state index is -0.272. The van der Waals surface area contributed by atoms with E-state index >= 15 is 0 Å². The van der Waals surface area contributed by atoms with Gasteiger partial charge in [0, 0.05) is 4.90 Å². The molecule has 2 amide bonds. The predicted molar refractivity (Wildman–Crippen MR) is 99.6 cm³/mol. The number of nitrogens with zero attached hydrogens (tertiary/aromatic N) is 1. The fourth-order valence-electron chi connectivity index (χ4n) is 3.55. The monoisotopic (exact) mass is 352 g/mol. The quantitative estimate of drug-likeness (QED) is 0.918. The van der Waals surface area contributed by atoms with Gasteiger partial charge >= 0.3 is 0 Å². The molecule has 4 nitrogen and oxygen atoms in total. The molecule has 2 aliphatic rings. The largest absolute Gasteiger partial charge is 0.345 e. The topological polar surface area (TPSA) is 49.4 Å². The van der Waals surface area contributed by atoms with Crippen molar-refractivity contribution in [3.8, 4) is 0 Å². The lowest BCUT2D eigenvalue weighted by molar-refractivity contribution is -0.125. The van der Waals surface area contributed by atoms with Gasteiger partial charge in [0.15, 0.2) is 0 Å². The fourth-order valence-corrected chi connectivity index (χ4v) is 4.49. The van der Waals surface area contributed by atoms with Crippen LogP contribution in [-0.4, -0.2) is 24.1 Å². The van der Waals surface area contributed by atoms with Crippen LogP contribution >= 0.6 is 11.8 Å². The van der Waals surface area contributed by atoms with Gasteiger partial charge in [-0.1, -0.05) is 42.5 Å².